The van der Waals surface area contributed by atoms with Crippen LogP contribution >= 0.6 is 0 Å². The number of benzene rings is 2. The van der Waals surface area contributed by atoms with Gasteiger partial charge in [-0.3, -0.25) is 25.0 Å². The number of nitrogens with one attached hydrogen (secondary N) is 1. The van der Waals surface area contributed by atoms with Crippen molar-refractivity contribution in [3.8, 4) is 11.5 Å². The van der Waals surface area contributed by atoms with Crippen molar-refractivity contribution in [1.29, 1.82) is 0 Å². The van der Waals surface area contributed by atoms with Gasteiger partial charge >= 0.3 is 5.69 Å². The Kier molecular flexibility index (Phi) is 5.99. The van der Waals surface area contributed by atoms with Gasteiger partial charge in [-0.15, -0.1) is 0 Å². The Morgan fingerprint density at radius 2 is 1.89 bits per heavy atom. The number of hydrogen-bond acceptors (Lipinski definition) is 8. The van der Waals surface area contributed by atoms with Gasteiger partial charge in [0.05, 0.1) is 27.7 Å². The number of aryl methyl sites for hydroxylation is 1. The van der Waals surface area contributed by atoms with Gasteiger partial charge in [0.15, 0.2) is 6.61 Å². The number of non-ortho nitro benzene ring substituents is 1. The molecule has 0 fully saturated rings. The van der Waals surface area contributed by atoms with Gasteiger partial charge in [-0.2, -0.15) is 5.10 Å². The Morgan fingerprint density at radius 1 is 1.22 bits per heavy atom. The second kappa shape index (κ2) is 8.38. The lowest BCUT2D eigenvalue weighted by Gasteiger charge is -2.05. The fourth-order valence-corrected chi connectivity index (χ4v) is 1.96. The number of carbonyl (C=O) groups excluding carboxylic acids is 1. The minimum Gasteiger partial charge on any atom is -0.502 e. The zero-order valence-electron chi connectivity index (χ0n) is 14.0. The summed E-state index contributed by atoms with van der Waals surface area (Å²) in [5, 5.41) is 35.0. The first-order chi connectivity index (χ1) is 12.8. The summed E-state index contributed by atoms with van der Waals surface area (Å²) in [5.41, 5.74) is 1.38. The van der Waals surface area contributed by atoms with Crippen LogP contribution in [0, 0.1) is 27.2 Å². The van der Waals surface area contributed by atoms with E-state index in [-0.39, 0.29) is 12.2 Å². The molecule has 0 radical (unpaired) electrons. The minimum atomic E-state index is -0.965. The summed E-state index contributed by atoms with van der Waals surface area (Å²) in [7, 11) is 0. The van der Waals surface area contributed by atoms with Crippen molar-refractivity contribution in [3.05, 3.63) is 67.8 Å². The smallest absolute Gasteiger partial charge is 0.318 e. The average molecular weight is 374 g/mol. The molecule has 0 bridgehead atoms. The molecule has 0 atom stereocenters. The van der Waals surface area contributed by atoms with Gasteiger partial charge in [-0.25, -0.2) is 5.43 Å². The highest BCUT2D eigenvalue weighted by Crippen LogP contribution is 2.33. The number of aromatic hydroxyl groups is 1. The van der Waals surface area contributed by atoms with Gasteiger partial charge < -0.3 is 9.84 Å². The number of phenols is 1. The molecule has 0 saturated heterocycles. The Labute approximate surface area is 152 Å². The molecule has 0 aliphatic carbocycles. The van der Waals surface area contributed by atoms with E-state index in [1.165, 1.54) is 0 Å². The summed E-state index contributed by atoms with van der Waals surface area (Å²) in [6.45, 7) is 1.56. The first-order valence-corrected chi connectivity index (χ1v) is 7.45. The molecule has 0 aliphatic rings. The molecule has 0 aromatic heterocycles. The highest BCUT2D eigenvalue weighted by atomic mass is 16.6. The quantitative estimate of drug-likeness (QED) is 0.426. The van der Waals surface area contributed by atoms with Crippen LogP contribution in [-0.4, -0.2) is 33.7 Å². The van der Waals surface area contributed by atoms with Crippen LogP contribution < -0.4 is 10.2 Å². The van der Waals surface area contributed by atoms with Crippen LogP contribution in [-0.2, 0) is 4.79 Å². The van der Waals surface area contributed by atoms with Crippen molar-refractivity contribution < 1.29 is 24.5 Å². The second-order valence-electron chi connectivity index (χ2n) is 5.31. The van der Waals surface area contributed by atoms with Crippen molar-refractivity contribution in [2.24, 2.45) is 5.10 Å². The molecule has 0 unspecified atom stereocenters. The van der Waals surface area contributed by atoms with Gasteiger partial charge in [0.1, 0.15) is 5.75 Å². The number of hydrogen-bond donors (Lipinski definition) is 2. The molecule has 140 valence electrons. The number of amides is 1. The van der Waals surface area contributed by atoms with Crippen molar-refractivity contribution in [2.45, 2.75) is 6.92 Å². The second-order valence-corrected chi connectivity index (χ2v) is 5.31. The number of carbonyl (C=O) groups is 1. The van der Waals surface area contributed by atoms with E-state index in [9.17, 15) is 30.1 Å². The van der Waals surface area contributed by atoms with E-state index < -0.39 is 32.9 Å². The molecule has 11 nitrogen and oxygen atoms in total. The van der Waals surface area contributed by atoms with E-state index in [0.717, 1.165) is 17.8 Å². The van der Waals surface area contributed by atoms with Crippen LogP contribution in [0.15, 0.2) is 41.5 Å². The van der Waals surface area contributed by atoms with Gasteiger partial charge in [0.2, 0.25) is 5.75 Å². The standard InChI is InChI=1S/C16H14N4O7/c1-10-2-4-13(5-3-10)27-9-15(21)18-17-8-11-6-12(19(23)24)7-14(16(11)22)20(25)26/h2-8,22H,9H2,1H3,(H,18,21)/b17-8-. The van der Waals surface area contributed by atoms with Crippen LogP contribution in [0.25, 0.3) is 0 Å². The van der Waals surface area contributed by atoms with Crippen molar-refractivity contribution in [3.63, 3.8) is 0 Å². The fourth-order valence-electron chi connectivity index (χ4n) is 1.96. The lowest BCUT2D eigenvalue weighted by molar-refractivity contribution is -0.394. The van der Waals surface area contributed by atoms with Crippen LogP contribution in [0.4, 0.5) is 11.4 Å². The van der Waals surface area contributed by atoms with Gasteiger partial charge in [0, 0.05) is 6.07 Å². The number of nitro groups is 2. The molecule has 11 heteroatoms. The van der Waals surface area contributed by atoms with Gasteiger partial charge in [-0.05, 0) is 19.1 Å². The van der Waals surface area contributed by atoms with E-state index in [1.807, 2.05) is 19.1 Å². The zero-order valence-corrected chi connectivity index (χ0v) is 14.0. The number of hydrazone groups is 1. The van der Waals surface area contributed by atoms with E-state index in [2.05, 4.69) is 10.5 Å². The molecular weight excluding hydrogens is 360 g/mol. The zero-order chi connectivity index (χ0) is 20.0. The lowest BCUT2D eigenvalue weighted by atomic mass is 10.1. The molecule has 2 rings (SSSR count). The maximum Gasteiger partial charge on any atom is 0.318 e. The number of phenolic OH excluding ortho intramolecular Hbond substituents is 1. The third-order valence-corrected chi connectivity index (χ3v) is 3.30. The Balaban J connectivity index is 2.04. The van der Waals surface area contributed by atoms with E-state index in [1.54, 1.807) is 12.1 Å². The molecule has 1 amide bonds. The molecule has 2 aromatic rings. The topological polar surface area (TPSA) is 157 Å². The monoisotopic (exact) mass is 374 g/mol. The van der Waals surface area contributed by atoms with Crippen LogP contribution in [0.2, 0.25) is 0 Å². The highest BCUT2D eigenvalue weighted by molar-refractivity contribution is 5.88. The van der Waals surface area contributed by atoms with Crippen molar-refractivity contribution >= 4 is 23.5 Å². The van der Waals surface area contributed by atoms with Gasteiger partial charge in [0.25, 0.3) is 11.6 Å². The minimum absolute atomic E-state index is 0.296. The molecule has 2 aromatic carbocycles. The van der Waals surface area contributed by atoms with Crippen LogP contribution in [0.3, 0.4) is 0 Å². The predicted octanol–water partition coefficient (Wildman–Crippen LogP) is 2.05. The average Bonchev–Trinajstić information content (AvgIpc) is 2.62. The molecule has 0 aliphatic heterocycles. The lowest BCUT2D eigenvalue weighted by Crippen LogP contribution is -2.24. The summed E-state index contributed by atoms with van der Waals surface area (Å²) in [4.78, 5) is 31.6. The molecule has 2 N–H and O–H groups in total. The molecule has 0 saturated carbocycles. The summed E-state index contributed by atoms with van der Waals surface area (Å²) < 4.78 is 5.24. The Hall–Kier alpha value is -4.02. The molecule has 27 heavy (non-hydrogen) atoms. The normalized spacial score (nSPS) is 10.6. The predicted molar refractivity (Wildman–Crippen MR) is 93.8 cm³/mol. The number of rotatable bonds is 7. The van der Waals surface area contributed by atoms with Crippen LogP contribution in [0.5, 0.6) is 11.5 Å². The largest absolute Gasteiger partial charge is 0.502 e. The number of nitrogens with zero attached hydrogens (tertiary/aromatic N) is 3. The van der Waals surface area contributed by atoms with E-state index in [4.69, 9.17) is 4.74 Å². The summed E-state index contributed by atoms with van der Waals surface area (Å²) >= 11 is 0. The molecule has 0 heterocycles. The number of nitro benzene ring substituents is 2. The maximum absolute atomic E-state index is 11.7. The third-order valence-electron chi connectivity index (χ3n) is 3.30. The summed E-state index contributed by atoms with van der Waals surface area (Å²) in [6, 6.07) is 8.51. The third kappa shape index (κ3) is 5.22. The first kappa shape index (κ1) is 19.3. The molecule has 0 spiro atoms. The van der Waals surface area contributed by atoms with Crippen LogP contribution in [0.1, 0.15) is 11.1 Å². The van der Waals surface area contributed by atoms with Gasteiger partial charge in [-0.1, -0.05) is 17.7 Å². The highest BCUT2D eigenvalue weighted by Gasteiger charge is 2.23. The molecular formula is C16H14N4O7. The maximum atomic E-state index is 11.7. The number of ether oxygens (including phenoxy) is 1. The Morgan fingerprint density at radius 3 is 2.48 bits per heavy atom. The summed E-state index contributed by atoms with van der Waals surface area (Å²) in [5.74, 6) is -0.961. The Bertz CT molecular complexity index is 910. The van der Waals surface area contributed by atoms with Crippen molar-refractivity contribution in [1.82, 2.24) is 5.43 Å². The first-order valence-electron chi connectivity index (χ1n) is 7.45. The SMILES string of the molecule is Cc1ccc(OCC(=O)N/N=C\c2cc([N+](=O)[O-])cc([N+](=O)[O-])c2O)cc1. The van der Waals surface area contributed by atoms with Crippen molar-refractivity contribution in [2.75, 3.05) is 6.61 Å². The van der Waals surface area contributed by atoms with E-state index in [0.29, 0.717) is 11.8 Å². The fraction of sp³-hybridized carbons (Fsp3) is 0.125. The van der Waals surface area contributed by atoms with E-state index >= 15 is 0 Å². The summed E-state index contributed by atoms with van der Waals surface area (Å²) in [6.07, 6.45) is 0.860.